The molecule has 0 amide bonds. The van der Waals surface area contributed by atoms with E-state index in [2.05, 4.69) is 24.4 Å². The summed E-state index contributed by atoms with van der Waals surface area (Å²) in [5, 5.41) is 3.11. The minimum atomic E-state index is -0.187. The van der Waals surface area contributed by atoms with Gasteiger partial charge in [-0.15, -0.1) is 11.3 Å². The lowest BCUT2D eigenvalue weighted by Gasteiger charge is -2.06. The van der Waals surface area contributed by atoms with E-state index in [4.69, 9.17) is 0 Å². The lowest BCUT2D eigenvalue weighted by Crippen LogP contribution is -1.99. The predicted molar refractivity (Wildman–Crippen MR) is 67.5 cm³/mol. The van der Waals surface area contributed by atoms with E-state index in [1.54, 1.807) is 23.5 Å². The summed E-state index contributed by atoms with van der Waals surface area (Å²) in [6.07, 6.45) is 0. The quantitative estimate of drug-likeness (QED) is 0.844. The lowest BCUT2D eigenvalue weighted by molar-refractivity contribution is 0.629. The average molecular weight is 235 g/mol. The van der Waals surface area contributed by atoms with Crippen molar-refractivity contribution in [3.05, 3.63) is 51.5 Å². The molecule has 84 valence electrons. The summed E-state index contributed by atoms with van der Waals surface area (Å²) in [6, 6.07) is 9.38. The van der Waals surface area contributed by atoms with E-state index in [1.807, 2.05) is 13.0 Å². The van der Waals surface area contributed by atoms with Crippen LogP contribution in [0, 0.1) is 19.7 Å². The highest BCUT2D eigenvalue weighted by Crippen LogP contribution is 2.19. The predicted octanol–water partition coefficient (Wildman–Crippen LogP) is 4.12. The highest BCUT2D eigenvalue weighted by Gasteiger charge is 2.02. The Balaban J connectivity index is 2.04. The zero-order valence-electron chi connectivity index (χ0n) is 9.38. The lowest BCUT2D eigenvalue weighted by atomic mass is 10.2. The third-order valence-electron chi connectivity index (χ3n) is 2.37. The van der Waals surface area contributed by atoms with Gasteiger partial charge < -0.3 is 5.32 Å². The molecule has 2 aromatic rings. The second kappa shape index (κ2) is 4.66. The summed E-state index contributed by atoms with van der Waals surface area (Å²) in [7, 11) is 0. The molecule has 0 radical (unpaired) electrons. The number of aryl methyl sites for hydroxylation is 2. The van der Waals surface area contributed by atoms with Crippen LogP contribution < -0.4 is 5.32 Å². The number of hydrogen-bond donors (Lipinski definition) is 1. The Morgan fingerprint density at radius 3 is 2.62 bits per heavy atom. The van der Waals surface area contributed by atoms with Crippen LogP contribution in [-0.2, 0) is 6.54 Å². The van der Waals surface area contributed by atoms with Gasteiger partial charge in [-0.3, -0.25) is 0 Å². The summed E-state index contributed by atoms with van der Waals surface area (Å²) >= 11 is 1.73. The molecule has 0 aliphatic carbocycles. The first-order valence-electron chi connectivity index (χ1n) is 5.20. The molecule has 0 saturated heterocycles. The SMILES string of the molecule is Cc1ccc(NCc2ccc(C)s2)c(F)c1. The molecular formula is C13H14FNS. The molecule has 1 heterocycles. The second-order valence-corrected chi connectivity index (χ2v) is 5.22. The van der Waals surface area contributed by atoms with Crippen LogP contribution >= 0.6 is 11.3 Å². The van der Waals surface area contributed by atoms with Gasteiger partial charge in [-0.25, -0.2) is 4.39 Å². The highest BCUT2D eigenvalue weighted by molar-refractivity contribution is 7.11. The second-order valence-electron chi connectivity index (χ2n) is 3.85. The van der Waals surface area contributed by atoms with E-state index in [1.165, 1.54) is 9.75 Å². The number of rotatable bonds is 3. The number of nitrogens with one attached hydrogen (secondary N) is 1. The molecule has 1 N–H and O–H groups in total. The third-order valence-corrected chi connectivity index (χ3v) is 3.37. The molecule has 1 nitrogen and oxygen atoms in total. The maximum absolute atomic E-state index is 13.5. The number of hydrogen-bond acceptors (Lipinski definition) is 2. The third kappa shape index (κ3) is 2.61. The fraction of sp³-hybridized carbons (Fsp3) is 0.231. The number of thiophene rings is 1. The fourth-order valence-corrected chi connectivity index (χ4v) is 2.36. The van der Waals surface area contributed by atoms with Crippen LogP contribution in [0.1, 0.15) is 15.3 Å². The molecule has 1 aromatic carbocycles. The summed E-state index contributed by atoms with van der Waals surface area (Å²) in [5.41, 5.74) is 1.51. The summed E-state index contributed by atoms with van der Waals surface area (Å²) in [4.78, 5) is 2.50. The molecule has 0 spiro atoms. The van der Waals surface area contributed by atoms with E-state index in [0.29, 0.717) is 12.2 Å². The normalized spacial score (nSPS) is 10.4. The van der Waals surface area contributed by atoms with Gasteiger partial charge in [0.15, 0.2) is 0 Å². The van der Waals surface area contributed by atoms with Gasteiger partial charge in [0.25, 0.3) is 0 Å². The fourth-order valence-electron chi connectivity index (χ4n) is 1.53. The van der Waals surface area contributed by atoms with Gasteiger partial charge in [0, 0.05) is 16.3 Å². The summed E-state index contributed by atoms with van der Waals surface area (Å²) in [5.74, 6) is -0.187. The van der Waals surface area contributed by atoms with Crippen molar-refractivity contribution in [3.8, 4) is 0 Å². The molecule has 0 bridgehead atoms. The van der Waals surface area contributed by atoms with E-state index >= 15 is 0 Å². The maximum Gasteiger partial charge on any atom is 0.146 e. The van der Waals surface area contributed by atoms with Crippen molar-refractivity contribution in [2.24, 2.45) is 0 Å². The van der Waals surface area contributed by atoms with Gasteiger partial charge in [-0.05, 0) is 43.7 Å². The Labute approximate surface area is 98.9 Å². The standard InChI is InChI=1S/C13H14FNS/c1-9-3-6-13(12(14)7-9)15-8-11-5-4-10(2)16-11/h3-7,15H,8H2,1-2H3. The molecule has 0 fully saturated rings. The van der Waals surface area contributed by atoms with Crippen LogP contribution in [-0.4, -0.2) is 0 Å². The molecule has 0 saturated carbocycles. The Kier molecular flexibility index (Phi) is 3.25. The maximum atomic E-state index is 13.5. The summed E-state index contributed by atoms with van der Waals surface area (Å²) in [6.45, 7) is 4.63. The van der Waals surface area contributed by atoms with Crippen LogP contribution in [0.2, 0.25) is 0 Å². The Hall–Kier alpha value is -1.35. The molecule has 0 unspecified atom stereocenters. The van der Waals surface area contributed by atoms with Gasteiger partial charge in [-0.2, -0.15) is 0 Å². The Morgan fingerprint density at radius 1 is 1.19 bits per heavy atom. The molecule has 0 atom stereocenters. The van der Waals surface area contributed by atoms with Gasteiger partial charge in [0.1, 0.15) is 5.82 Å². The molecule has 2 rings (SSSR count). The van der Waals surface area contributed by atoms with Crippen LogP contribution in [0.15, 0.2) is 30.3 Å². The topological polar surface area (TPSA) is 12.0 Å². The van der Waals surface area contributed by atoms with E-state index < -0.39 is 0 Å². The molecule has 3 heteroatoms. The first kappa shape index (κ1) is 11.1. The number of halogens is 1. The average Bonchev–Trinajstić information content (AvgIpc) is 2.63. The molecule has 0 aliphatic heterocycles. The molecule has 16 heavy (non-hydrogen) atoms. The molecule has 1 aromatic heterocycles. The van der Waals surface area contributed by atoms with Crippen molar-refractivity contribution in [3.63, 3.8) is 0 Å². The number of benzene rings is 1. The molecular weight excluding hydrogens is 221 g/mol. The Morgan fingerprint density at radius 2 is 2.00 bits per heavy atom. The smallest absolute Gasteiger partial charge is 0.146 e. The van der Waals surface area contributed by atoms with Crippen molar-refractivity contribution in [1.82, 2.24) is 0 Å². The first-order valence-corrected chi connectivity index (χ1v) is 6.02. The van der Waals surface area contributed by atoms with Crippen LogP contribution in [0.3, 0.4) is 0 Å². The van der Waals surface area contributed by atoms with Crippen molar-refractivity contribution in [2.45, 2.75) is 20.4 Å². The zero-order valence-corrected chi connectivity index (χ0v) is 10.2. The van der Waals surface area contributed by atoms with Gasteiger partial charge >= 0.3 is 0 Å². The van der Waals surface area contributed by atoms with Crippen LogP contribution in [0.25, 0.3) is 0 Å². The van der Waals surface area contributed by atoms with Gasteiger partial charge in [0.05, 0.1) is 5.69 Å². The highest BCUT2D eigenvalue weighted by atomic mass is 32.1. The molecule has 0 aliphatic rings. The first-order chi connectivity index (χ1) is 7.65. The monoisotopic (exact) mass is 235 g/mol. The van der Waals surface area contributed by atoms with Crippen LogP contribution in [0.4, 0.5) is 10.1 Å². The summed E-state index contributed by atoms with van der Waals surface area (Å²) < 4.78 is 13.5. The van der Waals surface area contributed by atoms with Gasteiger partial charge in [-0.1, -0.05) is 6.07 Å². The van der Waals surface area contributed by atoms with Crippen molar-refractivity contribution in [1.29, 1.82) is 0 Å². The van der Waals surface area contributed by atoms with E-state index in [9.17, 15) is 4.39 Å². The largest absolute Gasteiger partial charge is 0.378 e. The van der Waals surface area contributed by atoms with Crippen molar-refractivity contribution in [2.75, 3.05) is 5.32 Å². The minimum absolute atomic E-state index is 0.187. The van der Waals surface area contributed by atoms with E-state index in [0.717, 1.165) is 5.56 Å². The Bertz CT molecular complexity index is 490. The van der Waals surface area contributed by atoms with Gasteiger partial charge in [0.2, 0.25) is 0 Å². The zero-order chi connectivity index (χ0) is 11.5. The van der Waals surface area contributed by atoms with Crippen molar-refractivity contribution >= 4 is 17.0 Å². The van der Waals surface area contributed by atoms with E-state index in [-0.39, 0.29) is 5.82 Å². The van der Waals surface area contributed by atoms with Crippen LogP contribution in [0.5, 0.6) is 0 Å². The minimum Gasteiger partial charge on any atom is -0.378 e. The number of anilines is 1. The van der Waals surface area contributed by atoms with Crippen molar-refractivity contribution < 1.29 is 4.39 Å².